The molecule has 0 saturated carbocycles. The fourth-order valence-electron chi connectivity index (χ4n) is 4.28. The molecule has 190 valence electrons. The number of fused-ring (bicyclic) bond motifs is 1. The summed E-state index contributed by atoms with van der Waals surface area (Å²) in [6.07, 6.45) is 2.12. The molecule has 1 amide bonds. The monoisotopic (exact) mass is 514 g/mol. The maximum atomic E-state index is 11.7. The summed E-state index contributed by atoms with van der Waals surface area (Å²) in [7, 11) is 2.17. The number of thiophene rings is 1. The summed E-state index contributed by atoms with van der Waals surface area (Å²) in [6.45, 7) is 9.86. The summed E-state index contributed by atoms with van der Waals surface area (Å²) in [6, 6.07) is 15.7. The third-order valence-corrected chi connectivity index (χ3v) is 7.25. The fourth-order valence-corrected chi connectivity index (χ4v) is 5.04. The molecule has 9 heteroatoms. The highest BCUT2D eigenvalue weighted by atomic mass is 32.1. The molecule has 1 saturated heterocycles. The van der Waals surface area contributed by atoms with Crippen LogP contribution in [0.25, 0.3) is 10.2 Å². The highest BCUT2D eigenvalue weighted by Gasteiger charge is 2.17. The van der Waals surface area contributed by atoms with Gasteiger partial charge >= 0.3 is 0 Å². The molecule has 0 atom stereocenters. The lowest BCUT2D eigenvalue weighted by Crippen LogP contribution is -2.44. The highest BCUT2D eigenvalue weighted by Crippen LogP contribution is 2.34. The molecule has 1 aliphatic heterocycles. The minimum atomic E-state index is -0.281. The third kappa shape index (κ3) is 5.73. The van der Waals surface area contributed by atoms with E-state index in [1.54, 1.807) is 12.1 Å². The van der Waals surface area contributed by atoms with E-state index in [9.17, 15) is 4.79 Å². The number of anilines is 4. The first-order chi connectivity index (χ1) is 18.0. The van der Waals surface area contributed by atoms with Crippen LogP contribution in [0.2, 0.25) is 0 Å². The van der Waals surface area contributed by atoms with Crippen molar-refractivity contribution in [1.82, 2.24) is 14.9 Å². The average Bonchev–Trinajstić information content (AvgIpc) is 3.39. The molecule has 1 aliphatic rings. The van der Waals surface area contributed by atoms with E-state index in [0.717, 1.165) is 48.5 Å². The van der Waals surface area contributed by atoms with E-state index < -0.39 is 0 Å². The second-order valence-corrected chi connectivity index (χ2v) is 9.84. The maximum absolute atomic E-state index is 11.7. The standard InChI is InChI=1S/C28H30N6O2S/c1-4-19-17-21(34-14-12-33(3)13-15-34)9-10-23(19)30-28-31-24-11-16-37-26(24)27(32-28)36-22-8-6-7-20(18-22)29-25(35)5-2/h5-11,16-18H,2,4,12-15H2,1,3H3,(H,29,35)(H,30,31,32). The van der Waals surface area contributed by atoms with Gasteiger partial charge in [0.1, 0.15) is 10.4 Å². The van der Waals surface area contributed by atoms with Crippen molar-refractivity contribution in [2.75, 3.05) is 48.8 Å². The molecule has 2 aromatic carbocycles. The van der Waals surface area contributed by atoms with Crippen LogP contribution in [-0.2, 0) is 11.2 Å². The summed E-state index contributed by atoms with van der Waals surface area (Å²) >= 11 is 1.52. The first-order valence-electron chi connectivity index (χ1n) is 12.3. The van der Waals surface area contributed by atoms with Gasteiger partial charge in [0.2, 0.25) is 17.7 Å². The smallest absolute Gasteiger partial charge is 0.247 e. The summed E-state index contributed by atoms with van der Waals surface area (Å²) in [5, 5.41) is 8.14. The van der Waals surface area contributed by atoms with Gasteiger partial charge in [0.25, 0.3) is 0 Å². The number of hydrogen-bond donors (Lipinski definition) is 2. The zero-order valence-corrected chi connectivity index (χ0v) is 21.8. The SMILES string of the molecule is C=CC(=O)Nc1cccc(Oc2nc(Nc3ccc(N4CCN(C)CC4)cc3CC)nc3ccsc23)c1. The predicted octanol–water partition coefficient (Wildman–Crippen LogP) is 5.67. The molecular weight excluding hydrogens is 484 g/mol. The van der Waals surface area contributed by atoms with Crippen molar-refractivity contribution < 1.29 is 9.53 Å². The van der Waals surface area contributed by atoms with Gasteiger partial charge in [-0.1, -0.05) is 19.6 Å². The number of ether oxygens (including phenoxy) is 1. The molecule has 1 fully saturated rings. The predicted molar refractivity (Wildman–Crippen MR) is 152 cm³/mol. The highest BCUT2D eigenvalue weighted by molar-refractivity contribution is 7.17. The van der Waals surface area contributed by atoms with Crippen LogP contribution in [0, 0.1) is 0 Å². The average molecular weight is 515 g/mol. The molecule has 0 spiro atoms. The lowest BCUT2D eigenvalue weighted by molar-refractivity contribution is -0.111. The van der Waals surface area contributed by atoms with E-state index in [1.807, 2.05) is 23.6 Å². The number of piperazine rings is 1. The van der Waals surface area contributed by atoms with Gasteiger partial charge in [-0.25, -0.2) is 4.98 Å². The number of nitrogens with one attached hydrogen (secondary N) is 2. The van der Waals surface area contributed by atoms with Crippen LogP contribution >= 0.6 is 11.3 Å². The molecular formula is C28H30N6O2S. The molecule has 0 aliphatic carbocycles. The number of aromatic nitrogens is 2. The van der Waals surface area contributed by atoms with Gasteiger partial charge in [-0.3, -0.25) is 4.79 Å². The van der Waals surface area contributed by atoms with E-state index in [-0.39, 0.29) is 5.91 Å². The van der Waals surface area contributed by atoms with Crippen molar-refractivity contribution >= 4 is 50.5 Å². The Morgan fingerprint density at radius 2 is 1.97 bits per heavy atom. The van der Waals surface area contributed by atoms with Gasteiger partial charge in [-0.05, 0) is 66.9 Å². The van der Waals surface area contributed by atoms with Crippen LogP contribution in [0.3, 0.4) is 0 Å². The van der Waals surface area contributed by atoms with Crippen molar-refractivity contribution in [3.63, 3.8) is 0 Å². The van der Waals surface area contributed by atoms with Crippen LogP contribution in [0.4, 0.5) is 23.0 Å². The van der Waals surface area contributed by atoms with Crippen LogP contribution in [0.1, 0.15) is 12.5 Å². The van der Waals surface area contributed by atoms with Gasteiger partial charge in [-0.15, -0.1) is 11.3 Å². The fraction of sp³-hybridized carbons (Fsp3) is 0.250. The number of likely N-dealkylation sites (N-methyl/N-ethyl adjacent to an activating group) is 1. The molecule has 5 rings (SSSR count). The van der Waals surface area contributed by atoms with Crippen molar-refractivity contribution in [2.45, 2.75) is 13.3 Å². The van der Waals surface area contributed by atoms with E-state index >= 15 is 0 Å². The molecule has 4 aromatic rings. The quantitative estimate of drug-likeness (QED) is 0.293. The Bertz CT molecular complexity index is 1430. The molecule has 0 radical (unpaired) electrons. The summed E-state index contributed by atoms with van der Waals surface area (Å²) < 4.78 is 7.03. The van der Waals surface area contributed by atoms with Crippen molar-refractivity contribution in [2.24, 2.45) is 0 Å². The van der Waals surface area contributed by atoms with Crippen molar-refractivity contribution in [3.05, 3.63) is 72.1 Å². The Hall–Kier alpha value is -3.95. The molecule has 0 unspecified atom stereocenters. The van der Waals surface area contributed by atoms with Gasteiger partial charge in [-0.2, -0.15) is 4.98 Å². The lowest BCUT2D eigenvalue weighted by Gasteiger charge is -2.34. The van der Waals surface area contributed by atoms with Gasteiger partial charge in [0.05, 0.1) is 5.52 Å². The number of hydrogen-bond acceptors (Lipinski definition) is 8. The van der Waals surface area contributed by atoms with Gasteiger partial charge in [0.15, 0.2) is 0 Å². The number of carbonyl (C=O) groups excluding carboxylic acids is 1. The van der Waals surface area contributed by atoms with E-state index in [0.29, 0.717) is 23.3 Å². The minimum Gasteiger partial charge on any atom is -0.437 e. The number of amides is 1. The number of carbonyl (C=O) groups is 1. The topological polar surface area (TPSA) is 82.6 Å². The number of rotatable bonds is 8. The molecule has 0 bridgehead atoms. The number of benzene rings is 2. The molecule has 37 heavy (non-hydrogen) atoms. The second kappa shape index (κ2) is 11.0. The molecule has 2 N–H and O–H groups in total. The Kier molecular flexibility index (Phi) is 7.34. The first-order valence-corrected chi connectivity index (χ1v) is 13.2. The van der Waals surface area contributed by atoms with Gasteiger partial charge in [0, 0.05) is 49.3 Å². The Labute approximate surface area is 220 Å². The van der Waals surface area contributed by atoms with Crippen LogP contribution in [0.15, 0.2) is 66.6 Å². The van der Waals surface area contributed by atoms with Crippen LogP contribution in [-0.4, -0.2) is 54.0 Å². The van der Waals surface area contributed by atoms with E-state index in [1.165, 1.54) is 28.7 Å². The summed E-state index contributed by atoms with van der Waals surface area (Å²) in [5.74, 6) is 1.21. The van der Waals surface area contributed by atoms with Crippen LogP contribution in [0.5, 0.6) is 11.6 Å². The normalized spacial score (nSPS) is 13.9. The summed E-state index contributed by atoms with van der Waals surface area (Å²) in [4.78, 5) is 25.9. The Morgan fingerprint density at radius 3 is 2.76 bits per heavy atom. The Balaban J connectivity index is 1.40. The lowest BCUT2D eigenvalue weighted by atomic mass is 10.1. The van der Waals surface area contributed by atoms with E-state index in [4.69, 9.17) is 14.7 Å². The van der Waals surface area contributed by atoms with Crippen molar-refractivity contribution in [3.8, 4) is 11.6 Å². The minimum absolute atomic E-state index is 0.281. The van der Waals surface area contributed by atoms with E-state index in [2.05, 4.69) is 59.2 Å². The zero-order valence-electron chi connectivity index (χ0n) is 21.0. The largest absolute Gasteiger partial charge is 0.437 e. The Morgan fingerprint density at radius 1 is 1.14 bits per heavy atom. The molecule has 8 nitrogen and oxygen atoms in total. The maximum Gasteiger partial charge on any atom is 0.247 e. The summed E-state index contributed by atoms with van der Waals surface area (Å²) in [5.41, 5.74) is 4.86. The first kappa shape index (κ1) is 24.7. The number of aryl methyl sites for hydroxylation is 1. The zero-order chi connectivity index (χ0) is 25.8. The number of nitrogens with zero attached hydrogens (tertiary/aromatic N) is 4. The third-order valence-electron chi connectivity index (χ3n) is 6.36. The molecule has 2 aromatic heterocycles. The molecule has 3 heterocycles. The second-order valence-electron chi connectivity index (χ2n) is 8.92. The van der Waals surface area contributed by atoms with Gasteiger partial charge < -0.3 is 25.2 Å². The van der Waals surface area contributed by atoms with Crippen molar-refractivity contribution in [1.29, 1.82) is 0 Å². The van der Waals surface area contributed by atoms with Crippen LogP contribution < -0.4 is 20.3 Å².